The molecule has 0 saturated heterocycles. The van der Waals surface area contributed by atoms with Gasteiger partial charge in [-0.05, 0) is 37.1 Å². The van der Waals surface area contributed by atoms with E-state index in [4.69, 9.17) is 22.1 Å². The predicted octanol–water partition coefficient (Wildman–Crippen LogP) is 3.55. The van der Waals surface area contributed by atoms with Crippen LogP contribution in [0.1, 0.15) is 34.9 Å². The topological polar surface area (TPSA) is 57.3 Å². The van der Waals surface area contributed by atoms with Gasteiger partial charge in [-0.15, -0.1) is 0 Å². The van der Waals surface area contributed by atoms with Gasteiger partial charge in [0.15, 0.2) is 0 Å². The average molecular weight is 309 g/mol. The molecular weight excluding hydrogens is 295 g/mol. The third-order valence-electron chi connectivity index (χ3n) is 3.39. The van der Waals surface area contributed by atoms with E-state index in [1.807, 2.05) is 4.57 Å². The minimum absolute atomic E-state index is 0.166. The van der Waals surface area contributed by atoms with Crippen LogP contribution in [-0.4, -0.2) is 10.5 Å². The Morgan fingerprint density at radius 2 is 2.19 bits per heavy atom. The Morgan fingerprint density at radius 1 is 1.43 bits per heavy atom. The number of nitrogens with two attached hydrogens (primary N) is 1. The van der Waals surface area contributed by atoms with Crippen LogP contribution < -0.4 is 5.73 Å². The van der Waals surface area contributed by atoms with Crippen molar-refractivity contribution in [3.8, 4) is 0 Å². The van der Waals surface area contributed by atoms with Crippen LogP contribution in [0.5, 0.6) is 0 Å². The van der Waals surface area contributed by atoms with Crippen molar-refractivity contribution in [1.29, 1.82) is 0 Å². The zero-order chi connectivity index (χ0) is 15.0. The second-order valence-electron chi connectivity index (χ2n) is 5.11. The summed E-state index contributed by atoms with van der Waals surface area (Å²) in [5, 5.41) is 0.396. The SMILES string of the molecule is Nc1cc(C(=O)OCc2cc(Cl)ccc2F)n(C2CC2)c1. The highest BCUT2D eigenvalue weighted by molar-refractivity contribution is 6.30. The number of hydrogen-bond donors (Lipinski definition) is 1. The first-order chi connectivity index (χ1) is 10.0. The summed E-state index contributed by atoms with van der Waals surface area (Å²) in [5.74, 6) is -0.970. The van der Waals surface area contributed by atoms with Gasteiger partial charge in [0.1, 0.15) is 18.1 Å². The second kappa shape index (κ2) is 5.41. The van der Waals surface area contributed by atoms with Gasteiger partial charge in [-0.25, -0.2) is 9.18 Å². The number of esters is 1. The Labute approximate surface area is 126 Å². The maximum absolute atomic E-state index is 13.6. The fourth-order valence-electron chi connectivity index (χ4n) is 2.19. The number of aromatic nitrogens is 1. The minimum Gasteiger partial charge on any atom is -0.456 e. The van der Waals surface area contributed by atoms with Crippen molar-refractivity contribution < 1.29 is 13.9 Å². The highest BCUT2D eigenvalue weighted by atomic mass is 35.5. The predicted molar refractivity (Wildman–Crippen MR) is 77.6 cm³/mol. The molecule has 4 nitrogen and oxygen atoms in total. The highest BCUT2D eigenvalue weighted by Gasteiger charge is 2.28. The highest BCUT2D eigenvalue weighted by Crippen LogP contribution is 2.37. The number of hydrogen-bond acceptors (Lipinski definition) is 3. The van der Waals surface area contributed by atoms with Crippen molar-refractivity contribution in [2.75, 3.05) is 5.73 Å². The molecular formula is C15H14ClFN2O2. The normalized spacial score (nSPS) is 14.2. The maximum atomic E-state index is 13.6. The van der Waals surface area contributed by atoms with E-state index in [1.165, 1.54) is 18.2 Å². The Hall–Kier alpha value is -2.01. The molecule has 1 saturated carbocycles. The summed E-state index contributed by atoms with van der Waals surface area (Å²) in [4.78, 5) is 12.1. The fourth-order valence-corrected chi connectivity index (χ4v) is 2.38. The molecule has 0 bridgehead atoms. The molecule has 2 N–H and O–H groups in total. The Kier molecular flexibility index (Phi) is 3.59. The molecule has 1 fully saturated rings. The van der Waals surface area contributed by atoms with Crippen LogP contribution in [0.3, 0.4) is 0 Å². The third-order valence-corrected chi connectivity index (χ3v) is 3.62. The lowest BCUT2D eigenvalue weighted by Crippen LogP contribution is -2.11. The number of nitrogens with zero attached hydrogens (tertiary/aromatic N) is 1. The van der Waals surface area contributed by atoms with Crippen molar-refractivity contribution >= 4 is 23.3 Å². The summed E-state index contributed by atoms with van der Waals surface area (Å²) in [7, 11) is 0. The molecule has 1 aliphatic carbocycles. The Bertz CT molecular complexity index is 695. The van der Waals surface area contributed by atoms with Crippen LogP contribution in [0.15, 0.2) is 30.5 Å². The summed E-state index contributed by atoms with van der Waals surface area (Å²) in [6.07, 6.45) is 3.78. The van der Waals surface area contributed by atoms with Gasteiger partial charge in [0.25, 0.3) is 0 Å². The molecule has 21 heavy (non-hydrogen) atoms. The molecule has 0 spiro atoms. The molecule has 1 aromatic carbocycles. The zero-order valence-electron chi connectivity index (χ0n) is 11.2. The number of halogens is 2. The fraction of sp³-hybridized carbons (Fsp3) is 0.267. The number of ether oxygens (including phenoxy) is 1. The van der Waals surface area contributed by atoms with Crippen molar-refractivity contribution in [2.45, 2.75) is 25.5 Å². The second-order valence-corrected chi connectivity index (χ2v) is 5.55. The first-order valence-corrected chi connectivity index (χ1v) is 7.01. The lowest BCUT2D eigenvalue weighted by molar-refractivity contribution is 0.0456. The zero-order valence-corrected chi connectivity index (χ0v) is 11.9. The molecule has 2 aromatic rings. The monoisotopic (exact) mass is 308 g/mol. The summed E-state index contributed by atoms with van der Waals surface area (Å²) in [6, 6.07) is 6.03. The molecule has 0 aliphatic heterocycles. The van der Waals surface area contributed by atoms with Gasteiger partial charge in [0.2, 0.25) is 0 Å². The summed E-state index contributed by atoms with van der Waals surface area (Å²) >= 11 is 5.80. The summed E-state index contributed by atoms with van der Waals surface area (Å²) in [5.41, 5.74) is 6.89. The van der Waals surface area contributed by atoms with E-state index in [1.54, 1.807) is 12.3 Å². The molecule has 0 radical (unpaired) electrons. The average Bonchev–Trinajstić information content (AvgIpc) is 3.22. The van der Waals surface area contributed by atoms with E-state index in [0.29, 0.717) is 22.4 Å². The molecule has 0 atom stereocenters. The van der Waals surface area contributed by atoms with Crippen LogP contribution >= 0.6 is 11.6 Å². The van der Waals surface area contributed by atoms with E-state index in [2.05, 4.69) is 0 Å². The molecule has 0 amide bonds. The van der Waals surface area contributed by atoms with Crippen LogP contribution in [-0.2, 0) is 11.3 Å². The smallest absolute Gasteiger partial charge is 0.355 e. The van der Waals surface area contributed by atoms with E-state index in [-0.39, 0.29) is 12.2 Å². The van der Waals surface area contributed by atoms with Crippen molar-refractivity contribution in [3.63, 3.8) is 0 Å². The molecule has 0 unspecified atom stereocenters. The molecule has 6 heteroatoms. The van der Waals surface area contributed by atoms with Gasteiger partial charge in [-0.1, -0.05) is 11.6 Å². The van der Waals surface area contributed by atoms with E-state index >= 15 is 0 Å². The third kappa shape index (κ3) is 3.03. The first kappa shape index (κ1) is 13.9. The number of rotatable bonds is 4. The standard InChI is InChI=1S/C15H14ClFN2O2/c16-10-1-4-13(17)9(5-10)8-21-15(20)14-6-11(18)7-19(14)12-2-3-12/h1,4-7,12H,2-3,8,18H2. The van der Waals surface area contributed by atoms with Crippen LogP contribution in [0.25, 0.3) is 0 Å². The number of anilines is 1. The molecule has 1 aromatic heterocycles. The minimum atomic E-state index is -0.516. The molecule has 1 aliphatic rings. The van der Waals surface area contributed by atoms with Gasteiger partial charge in [-0.3, -0.25) is 0 Å². The number of benzene rings is 1. The number of nitrogen functional groups attached to an aromatic ring is 1. The van der Waals surface area contributed by atoms with Gasteiger partial charge in [0, 0.05) is 22.8 Å². The first-order valence-electron chi connectivity index (χ1n) is 6.63. The maximum Gasteiger partial charge on any atom is 0.355 e. The lowest BCUT2D eigenvalue weighted by Gasteiger charge is -2.09. The molecule has 3 rings (SSSR count). The largest absolute Gasteiger partial charge is 0.456 e. The molecule has 110 valence electrons. The summed E-state index contributed by atoms with van der Waals surface area (Å²) < 4.78 is 20.6. The van der Waals surface area contributed by atoms with Crippen molar-refractivity contribution in [3.05, 3.63) is 52.6 Å². The van der Waals surface area contributed by atoms with Crippen molar-refractivity contribution in [1.82, 2.24) is 4.57 Å². The van der Waals surface area contributed by atoms with Gasteiger partial charge in [0.05, 0.1) is 5.69 Å². The quantitative estimate of drug-likeness (QED) is 0.879. The van der Waals surface area contributed by atoms with E-state index in [9.17, 15) is 9.18 Å². The van der Waals surface area contributed by atoms with Gasteiger partial charge < -0.3 is 15.0 Å². The Balaban J connectivity index is 1.73. The van der Waals surface area contributed by atoms with E-state index in [0.717, 1.165) is 12.8 Å². The molecule has 1 heterocycles. The van der Waals surface area contributed by atoms with E-state index < -0.39 is 11.8 Å². The summed E-state index contributed by atoms with van der Waals surface area (Å²) in [6.45, 7) is -0.166. The van der Waals surface area contributed by atoms with Gasteiger partial charge >= 0.3 is 5.97 Å². The Morgan fingerprint density at radius 3 is 2.90 bits per heavy atom. The number of carbonyl (C=O) groups is 1. The van der Waals surface area contributed by atoms with Crippen molar-refractivity contribution in [2.24, 2.45) is 0 Å². The van der Waals surface area contributed by atoms with Crippen LogP contribution in [0.2, 0.25) is 5.02 Å². The number of carbonyl (C=O) groups excluding carboxylic acids is 1. The van der Waals surface area contributed by atoms with Crippen LogP contribution in [0, 0.1) is 5.82 Å². The lowest BCUT2D eigenvalue weighted by atomic mass is 10.2. The van der Waals surface area contributed by atoms with Gasteiger partial charge in [-0.2, -0.15) is 0 Å². The van der Waals surface area contributed by atoms with Crippen LogP contribution in [0.4, 0.5) is 10.1 Å².